The van der Waals surface area contributed by atoms with Gasteiger partial charge in [-0.3, -0.25) is 4.79 Å². The minimum absolute atomic E-state index is 0.0696. The van der Waals surface area contributed by atoms with E-state index in [2.05, 4.69) is 42.4 Å². The zero-order valence-electron chi connectivity index (χ0n) is 15.6. The number of para-hydroxylation sites is 1. The Kier molecular flexibility index (Phi) is 4.75. The van der Waals surface area contributed by atoms with E-state index in [0.29, 0.717) is 29.5 Å². The molecule has 2 aromatic carbocycles. The Morgan fingerprint density at radius 3 is 2.63 bits per heavy atom. The molecule has 0 aliphatic carbocycles. The molecule has 0 fully saturated rings. The lowest BCUT2D eigenvalue weighted by Crippen LogP contribution is -2.35. The van der Waals surface area contributed by atoms with Crippen LogP contribution in [0.4, 0.5) is 5.69 Å². The van der Waals surface area contributed by atoms with Gasteiger partial charge in [-0.25, -0.2) is 4.68 Å². The molecule has 1 amide bonds. The molecule has 4 nitrogen and oxygen atoms in total. The maximum absolute atomic E-state index is 13.3. The minimum atomic E-state index is -0.0696. The van der Waals surface area contributed by atoms with Crippen LogP contribution in [0, 0.1) is 13.8 Å². The van der Waals surface area contributed by atoms with Gasteiger partial charge in [-0.05, 0) is 43.9 Å². The van der Waals surface area contributed by atoms with Crippen molar-refractivity contribution >= 4 is 23.2 Å². The molecule has 0 saturated heterocycles. The summed E-state index contributed by atoms with van der Waals surface area (Å²) in [6.45, 7) is 5.15. The second-order valence-corrected chi connectivity index (χ2v) is 7.44. The lowest BCUT2D eigenvalue weighted by Gasteiger charge is -2.29. The highest BCUT2D eigenvalue weighted by Gasteiger charge is 2.28. The van der Waals surface area contributed by atoms with E-state index in [-0.39, 0.29) is 5.91 Å². The third-order valence-electron chi connectivity index (χ3n) is 5.09. The van der Waals surface area contributed by atoms with Gasteiger partial charge in [-0.15, -0.1) is 0 Å². The van der Waals surface area contributed by atoms with E-state index < -0.39 is 0 Å². The molecule has 0 spiro atoms. The fourth-order valence-corrected chi connectivity index (χ4v) is 3.96. The highest BCUT2D eigenvalue weighted by molar-refractivity contribution is 6.33. The summed E-state index contributed by atoms with van der Waals surface area (Å²) in [5, 5.41) is 4.94. The van der Waals surface area contributed by atoms with Crippen LogP contribution in [0.3, 0.4) is 0 Å². The zero-order valence-corrected chi connectivity index (χ0v) is 16.3. The zero-order chi connectivity index (χ0) is 19.0. The van der Waals surface area contributed by atoms with Crippen molar-refractivity contribution in [1.29, 1.82) is 0 Å². The first-order valence-electron chi connectivity index (χ1n) is 9.23. The van der Waals surface area contributed by atoms with Gasteiger partial charge in [0.2, 0.25) is 0 Å². The molecule has 0 radical (unpaired) electrons. The van der Waals surface area contributed by atoms with E-state index in [1.54, 1.807) is 4.68 Å². The number of benzene rings is 2. The molecule has 0 saturated carbocycles. The van der Waals surface area contributed by atoms with Crippen LogP contribution in [0.1, 0.15) is 39.2 Å². The molecule has 1 aromatic heterocycles. The van der Waals surface area contributed by atoms with E-state index in [1.165, 1.54) is 11.1 Å². The van der Waals surface area contributed by atoms with Crippen LogP contribution < -0.4 is 4.90 Å². The summed E-state index contributed by atoms with van der Waals surface area (Å²) in [6.07, 6.45) is 1.95. The summed E-state index contributed by atoms with van der Waals surface area (Å²) in [5.41, 5.74) is 5.67. The maximum Gasteiger partial charge on any atom is 0.263 e. The fourth-order valence-electron chi connectivity index (χ4n) is 3.65. The standard InChI is InChI=1S/C22H22ClN3O/c1-15-9-11-17(12-10-15)14-26-21(23)20(16(2)24-26)22(27)25-13-5-7-18-6-3-4-8-19(18)25/h3-4,6,8-12H,5,7,13-14H2,1-2H3. The van der Waals surface area contributed by atoms with Crippen molar-refractivity contribution in [2.45, 2.75) is 33.2 Å². The normalized spacial score (nSPS) is 13.5. The van der Waals surface area contributed by atoms with Crippen molar-refractivity contribution in [3.05, 3.63) is 81.6 Å². The molecule has 4 rings (SSSR count). The van der Waals surface area contributed by atoms with Crippen LogP contribution >= 0.6 is 11.6 Å². The number of aryl methyl sites for hydroxylation is 3. The minimum Gasteiger partial charge on any atom is -0.308 e. The van der Waals surface area contributed by atoms with Gasteiger partial charge in [0.15, 0.2) is 0 Å². The predicted octanol–water partition coefficient (Wildman–Crippen LogP) is 4.79. The van der Waals surface area contributed by atoms with Crippen LogP contribution in [-0.4, -0.2) is 22.2 Å². The number of carbonyl (C=O) groups is 1. The van der Waals surface area contributed by atoms with Crippen LogP contribution in [0.15, 0.2) is 48.5 Å². The Balaban J connectivity index is 1.66. The molecular formula is C22H22ClN3O. The monoisotopic (exact) mass is 379 g/mol. The molecule has 3 aromatic rings. The smallest absolute Gasteiger partial charge is 0.263 e. The molecule has 1 aliphatic rings. The van der Waals surface area contributed by atoms with E-state index in [4.69, 9.17) is 11.6 Å². The number of carbonyl (C=O) groups excluding carboxylic acids is 1. The van der Waals surface area contributed by atoms with Gasteiger partial charge in [-0.2, -0.15) is 5.10 Å². The summed E-state index contributed by atoms with van der Waals surface area (Å²) in [7, 11) is 0. The summed E-state index contributed by atoms with van der Waals surface area (Å²) in [6, 6.07) is 16.3. The van der Waals surface area contributed by atoms with Gasteiger partial charge in [-0.1, -0.05) is 59.6 Å². The molecule has 1 aliphatic heterocycles. The summed E-state index contributed by atoms with van der Waals surface area (Å²) in [5.74, 6) is -0.0696. The largest absolute Gasteiger partial charge is 0.308 e. The van der Waals surface area contributed by atoms with Gasteiger partial charge in [0.1, 0.15) is 5.15 Å². The van der Waals surface area contributed by atoms with Crippen molar-refractivity contribution < 1.29 is 4.79 Å². The molecule has 138 valence electrons. The number of aromatic nitrogens is 2. The van der Waals surface area contributed by atoms with E-state index in [0.717, 1.165) is 24.1 Å². The Hall–Kier alpha value is -2.59. The number of hydrogen-bond donors (Lipinski definition) is 0. The van der Waals surface area contributed by atoms with Gasteiger partial charge < -0.3 is 4.90 Å². The quantitative estimate of drug-likeness (QED) is 0.655. The average Bonchev–Trinajstić information content (AvgIpc) is 2.96. The lowest BCUT2D eigenvalue weighted by molar-refractivity contribution is 0.0984. The van der Waals surface area contributed by atoms with Gasteiger partial charge in [0.05, 0.1) is 17.8 Å². The molecular weight excluding hydrogens is 358 g/mol. The van der Waals surface area contributed by atoms with Crippen molar-refractivity contribution in [3.63, 3.8) is 0 Å². The van der Waals surface area contributed by atoms with Crippen molar-refractivity contribution in [3.8, 4) is 0 Å². The third-order valence-corrected chi connectivity index (χ3v) is 5.47. The number of hydrogen-bond acceptors (Lipinski definition) is 2. The molecule has 0 unspecified atom stereocenters. The number of amides is 1. The lowest BCUT2D eigenvalue weighted by atomic mass is 10.0. The van der Waals surface area contributed by atoms with Crippen LogP contribution in [0.5, 0.6) is 0 Å². The number of nitrogens with zero attached hydrogens (tertiary/aromatic N) is 3. The molecule has 0 bridgehead atoms. The molecule has 0 atom stereocenters. The predicted molar refractivity (Wildman–Crippen MR) is 109 cm³/mol. The number of halogens is 1. The van der Waals surface area contributed by atoms with Crippen molar-refractivity contribution in [2.24, 2.45) is 0 Å². The van der Waals surface area contributed by atoms with Crippen LogP contribution in [-0.2, 0) is 13.0 Å². The van der Waals surface area contributed by atoms with Crippen molar-refractivity contribution in [1.82, 2.24) is 9.78 Å². The Morgan fingerprint density at radius 2 is 1.85 bits per heavy atom. The van der Waals surface area contributed by atoms with E-state index in [1.807, 2.05) is 30.0 Å². The van der Waals surface area contributed by atoms with Crippen molar-refractivity contribution in [2.75, 3.05) is 11.4 Å². The topological polar surface area (TPSA) is 38.1 Å². The first kappa shape index (κ1) is 17.8. The summed E-state index contributed by atoms with van der Waals surface area (Å²) >= 11 is 6.60. The van der Waals surface area contributed by atoms with Gasteiger partial charge in [0, 0.05) is 12.2 Å². The molecule has 0 N–H and O–H groups in total. The Labute approximate surface area is 164 Å². The molecule has 2 heterocycles. The van der Waals surface area contributed by atoms with Crippen LogP contribution in [0.2, 0.25) is 5.15 Å². The SMILES string of the molecule is Cc1ccc(Cn2nc(C)c(C(=O)N3CCCc4ccccc43)c2Cl)cc1. The third kappa shape index (κ3) is 3.37. The fraction of sp³-hybridized carbons (Fsp3) is 0.273. The second kappa shape index (κ2) is 7.20. The second-order valence-electron chi connectivity index (χ2n) is 7.08. The van der Waals surface area contributed by atoms with Gasteiger partial charge in [0.25, 0.3) is 5.91 Å². The molecule has 27 heavy (non-hydrogen) atoms. The van der Waals surface area contributed by atoms with Gasteiger partial charge >= 0.3 is 0 Å². The molecule has 5 heteroatoms. The summed E-state index contributed by atoms with van der Waals surface area (Å²) < 4.78 is 1.71. The van der Waals surface area contributed by atoms with E-state index in [9.17, 15) is 4.79 Å². The summed E-state index contributed by atoms with van der Waals surface area (Å²) in [4.78, 5) is 15.1. The van der Waals surface area contributed by atoms with E-state index >= 15 is 0 Å². The maximum atomic E-state index is 13.3. The number of fused-ring (bicyclic) bond motifs is 1. The highest BCUT2D eigenvalue weighted by atomic mass is 35.5. The Bertz CT molecular complexity index is 991. The Morgan fingerprint density at radius 1 is 1.11 bits per heavy atom. The highest BCUT2D eigenvalue weighted by Crippen LogP contribution is 2.30. The average molecular weight is 380 g/mol. The number of rotatable bonds is 3. The van der Waals surface area contributed by atoms with Crippen LogP contribution in [0.25, 0.3) is 0 Å². The number of anilines is 1. The first-order chi connectivity index (χ1) is 13.0. The first-order valence-corrected chi connectivity index (χ1v) is 9.60.